The van der Waals surface area contributed by atoms with Crippen LogP contribution in [0.3, 0.4) is 0 Å². The minimum Gasteiger partial charge on any atom is -0.135 e. The average Bonchev–Trinajstić information content (AvgIpc) is 2.97. The highest BCUT2D eigenvalue weighted by atomic mass is 32.1. The van der Waals surface area contributed by atoms with E-state index in [1.165, 1.54) is 25.7 Å². The van der Waals surface area contributed by atoms with Crippen LogP contribution >= 0.6 is 11.3 Å². The Morgan fingerprint density at radius 1 is 0.545 bits per heavy atom. The van der Waals surface area contributed by atoms with Crippen molar-refractivity contribution >= 4 is 31.5 Å². The van der Waals surface area contributed by atoms with Crippen LogP contribution in [0.2, 0.25) is 0 Å². The molecule has 0 radical (unpaired) electrons. The molecule has 1 aromatic heterocycles. The monoisotopic (exact) mass is 306 g/mol. The summed E-state index contributed by atoms with van der Waals surface area (Å²) in [6.45, 7) is 6.08. The molecule has 0 aliphatic heterocycles. The van der Waals surface area contributed by atoms with Crippen LogP contribution in [0.15, 0.2) is 78.9 Å². The van der Waals surface area contributed by atoms with Crippen LogP contribution in [0, 0.1) is 6.92 Å². The molecule has 4 aromatic rings. The zero-order valence-electron chi connectivity index (χ0n) is 13.4. The van der Waals surface area contributed by atoms with Gasteiger partial charge < -0.3 is 0 Å². The molecule has 3 aromatic carbocycles. The molecule has 0 saturated heterocycles. The molecule has 0 bridgehead atoms. The molecule has 0 aliphatic carbocycles. The number of hydrogen-bond donors (Lipinski definition) is 0. The first kappa shape index (κ1) is 16.3. The second kappa shape index (κ2) is 8.35. The smallest absolute Gasteiger partial charge is 0.0355 e. The summed E-state index contributed by atoms with van der Waals surface area (Å²) in [6, 6.07) is 27.4. The molecular weight excluding hydrogens is 284 g/mol. The number of aryl methyl sites for hydroxylation is 1. The van der Waals surface area contributed by atoms with E-state index in [2.05, 4.69) is 67.6 Å². The van der Waals surface area contributed by atoms with Crippen molar-refractivity contribution in [3.63, 3.8) is 0 Å². The molecule has 22 heavy (non-hydrogen) atoms. The Bertz CT molecular complexity index is 762. The van der Waals surface area contributed by atoms with Crippen molar-refractivity contribution in [1.29, 1.82) is 0 Å². The molecule has 112 valence electrons. The number of rotatable bonds is 0. The molecule has 0 unspecified atom stereocenters. The lowest BCUT2D eigenvalue weighted by atomic mass is 10.2. The summed E-state index contributed by atoms with van der Waals surface area (Å²) in [7, 11) is 0. The quantitative estimate of drug-likeness (QED) is 0.326. The summed E-state index contributed by atoms with van der Waals surface area (Å²) in [5, 5.41) is 2.76. The fraction of sp³-hybridized carbons (Fsp3) is 0.143. The Morgan fingerprint density at radius 2 is 0.955 bits per heavy atom. The van der Waals surface area contributed by atoms with E-state index < -0.39 is 0 Å². The minimum atomic E-state index is 1.32. The first-order valence-electron chi connectivity index (χ1n) is 7.72. The van der Waals surface area contributed by atoms with Gasteiger partial charge >= 0.3 is 0 Å². The standard InChI is InChI=1S/C12H8S.C7H8.C2H6/c1-3-7-11-9(5-1)10-6-2-4-8-12(10)13-11;1-7-5-3-2-4-6-7;1-2/h1-8H;2-6H,1H3;1-2H3. The van der Waals surface area contributed by atoms with Crippen molar-refractivity contribution in [2.24, 2.45) is 0 Å². The molecule has 0 nitrogen and oxygen atoms in total. The van der Waals surface area contributed by atoms with Crippen LogP contribution in [0.5, 0.6) is 0 Å². The van der Waals surface area contributed by atoms with Gasteiger partial charge in [-0.05, 0) is 19.1 Å². The maximum Gasteiger partial charge on any atom is 0.0355 e. The number of fused-ring (bicyclic) bond motifs is 3. The molecule has 0 fully saturated rings. The van der Waals surface area contributed by atoms with E-state index in [0.29, 0.717) is 0 Å². The van der Waals surface area contributed by atoms with E-state index in [4.69, 9.17) is 0 Å². The maximum atomic E-state index is 2.19. The third-order valence-electron chi connectivity index (χ3n) is 3.22. The highest BCUT2D eigenvalue weighted by Gasteiger charge is 2.01. The van der Waals surface area contributed by atoms with Crippen molar-refractivity contribution in [1.82, 2.24) is 0 Å². The first-order chi connectivity index (χ1) is 10.8. The van der Waals surface area contributed by atoms with Gasteiger partial charge in [-0.2, -0.15) is 0 Å². The zero-order valence-corrected chi connectivity index (χ0v) is 14.2. The van der Waals surface area contributed by atoms with Crippen molar-refractivity contribution < 1.29 is 0 Å². The summed E-state index contributed by atoms with van der Waals surface area (Å²) in [4.78, 5) is 0. The number of thiophene rings is 1. The molecule has 0 saturated carbocycles. The molecule has 1 heterocycles. The molecule has 0 amide bonds. The average molecular weight is 306 g/mol. The minimum absolute atomic E-state index is 1.32. The summed E-state index contributed by atoms with van der Waals surface area (Å²) in [5.41, 5.74) is 1.32. The lowest BCUT2D eigenvalue weighted by molar-refractivity contribution is 1.48. The van der Waals surface area contributed by atoms with E-state index in [9.17, 15) is 0 Å². The predicted molar refractivity (Wildman–Crippen MR) is 102 cm³/mol. The summed E-state index contributed by atoms with van der Waals surface area (Å²) < 4.78 is 2.76. The fourth-order valence-electron chi connectivity index (χ4n) is 2.21. The SMILES string of the molecule is CC.Cc1ccccc1.c1ccc2c(c1)sc1ccccc12. The van der Waals surface area contributed by atoms with Gasteiger partial charge in [-0.15, -0.1) is 11.3 Å². The van der Waals surface area contributed by atoms with Gasteiger partial charge in [0, 0.05) is 20.2 Å². The van der Waals surface area contributed by atoms with E-state index in [1.807, 2.05) is 43.4 Å². The second-order valence-electron chi connectivity index (χ2n) is 4.75. The van der Waals surface area contributed by atoms with Gasteiger partial charge in [-0.3, -0.25) is 0 Å². The van der Waals surface area contributed by atoms with E-state index in [1.54, 1.807) is 0 Å². The molecular formula is C21H22S. The highest BCUT2D eigenvalue weighted by molar-refractivity contribution is 7.25. The summed E-state index contributed by atoms with van der Waals surface area (Å²) in [6.07, 6.45) is 0. The van der Waals surface area contributed by atoms with Crippen LogP contribution < -0.4 is 0 Å². The third kappa shape index (κ3) is 3.96. The Hall–Kier alpha value is -2.12. The molecule has 0 aliphatic rings. The van der Waals surface area contributed by atoms with Gasteiger partial charge in [0.05, 0.1) is 0 Å². The Morgan fingerprint density at radius 3 is 1.36 bits per heavy atom. The van der Waals surface area contributed by atoms with Crippen molar-refractivity contribution in [3.05, 3.63) is 84.4 Å². The van der Waals surface area contributed by atoms with Gasteiger partial charge in [-0.25, -0.2) is 0 Å². The van der Waals surface area contributed by atoms with E-state index >= 15 is 0 Å². The summed E-state index contributed by atoms with van der Waals surface area (Å²) in [5.74, 6) is 0. The highest BCUT2D eigenvalue weighted by Crippen LogP contribution is 2.32. The van der Waals surface area contributed by atoms with E-state index in [-0.39, 0.29) is 0 Å². The Kier molecular flexibility index (Phi) is 6.17. The van der Waals surface area contributed by atoms with Crippen molar-refractivity contribution in [2.75, 3.05) is 0 Å². The molecule has 0 spiro atoms. The van der Waals surface area contributed by atoms with Gasteiger partial charge in [0.2, 0.25) is 0 Å². The largest absolute Gasteiger partial charge is 0.135 e. The Balaban J connectivity index is 0.000000167. The lowest BCUT2D eigenvalue weighted by Crippen LogP contribution is -1.62. The van der Waals surface area contributed by atoms with Crippen LogP contribution in [0.1, 0.15) is 19.4 Å². The van der Waals surface area contributed by atoms with Gasteiger partial charge in [-0.1, -0.05) is 86.1 Å². The van der Waals surface area contributed by atoms with Crippen LogP contribution in [-0.4, -0.2) is 0 Å². The van der Waals surface area contributed by atoms with Gasteiger partial charge in [0.1, 0.15) is 0 Å². The first-order valence-corrected chi connectivity index (χ1v) is 8.54. The fourth-order valence-corrected chi connectivity index (χ4v) is 3.32. The molecule has 0 atom stereocenters. The molecule has 4 rings (SSSR count). The van der Waals surface area contributed by atoms with Crippen LogP contribution in [0.25, 0.3) is 20.2 Å². The van der Waals surface area contributed by atoms with Gasteiger partial charge in [0.15, 0.2) is 0 Å². The molecule has 0 N–H and O–H groups in total. The van der Waals surface area contributed by atoms with Crippen molar-refractivity contribution in [2.45, 2.75) is 20.8 Å². The Labute approximate surface area is 137 Å². The summed E-state index contributed by atoms with van der Waals surface area (Å²) >= 11 is 1.86. The van der Waals surface area contributed by atoms with Crippen LogP contribution in [0.4, 0.5) is 0 Å². The lowest BCUT2D eigenvalue weighted by Gasteiger charge is -1.88. The van der Waals surface area contributed by atoms with Crippen LogP contribution in [-0.2, 0) is 0 Å². The number of benzene rings is 3. The van der Waals surface area contributed by atoms with Gasteiger partial charge in [0.25, 0.3) is 0 Å². The second-order valence-corrected chi connectivity index (χ2v) is 5.83. The zero-order chi connectivity index (χ0) is 15.8. The number of hydrogen-bond acceptors (Lipinski definition) is 1. The van der Waals surface area contributed by atoms with E-state index in [0.717, 1.165) is 0 Å². The predicted octanol–water partition coefficient (Wildman–Crippen LogP) is 7.08. The third-order valence-corrected chi connectivity index (χ3v) is 4.38. The molecule has 1 heteroatoms. The van der Waals surface area contributed by atoms with Crippen molar-refractivity contribution in [3.8, 4) is 0 Å². The normalized spacial score (nSPS) is 9.59. The topological polar surface area (TPSA) is 0 Å². The maximum absolute atomic E-state index is 2.19.